The standard InChI is InChI=1S/C16H33N3/c1-6-17-14-8-7-13(2)11-15(14)19-10-9-18(5)16(3,4)12-19/h13-15,17H,6-12H2,1-5H3. The first-order chi connectivity index (χ1) is 8.94. The van der Waals surface area contributed by atoms with E-state index in [1.165, 1.54) is 38.9 Å². The summed E-state index contributed by atoms with van der Waals surface area (Å²) in [7, 11) is 2.27. The van der Waals surface area contributed by atoms with Crippen molar-refractivity contribution < 1.29 is 0 Å². The lowest BCUT2D eigenvalue weighted by Crippen LogP contribution is -2.63. The number of piperazine rings is 1. The molecule has 2 rings (SSSR count). The topological polar surface area (TPSA) is 18.5 Å². The fourth-order valence-electron chi connectivity index (χ4n) is 3.82. The van der Waals surface area contributed by atoms with E-state index in [1.807, 2.05) is 0 Å². The summed E-state index contributed by atoms with van der Waals surface area (Å²) < 4.78 is 0. The molecule has 0 amide bonds. The molecule has 3 atom stereocenters. The molecule has 0 spiro atoms. The van der Waals surface area contributed by atoms with E-state index >= 15 is 0 Å². The molecule has 3 nitrogen and oxygen atoms in total. The number of likely N-dealkylation sites (N-methyl/N-ethyl adjacent to an activating group) is 2. The second kappa shape index (κ2) is 6.11. The van der Waals surface area contributed by atoms with E-state index in [1.54, 1.807) is 0 Å². The van der Waals surface area contributed by atoms with Crippen LogP contribution in [0.4, 0.5) is 0 Å². The highest BCUT2D eigenvalue weighted by Crippen LogP contribution is 2.31. The highest BCUT2D eigenvalue weighted by molar-refractivity contribution is 4.96. The van der Waals surface area contributed by atoms with Gasteiger partial charge < -0.3 is 5.32 Å². The first-order valence-electron chi connectivity index (χ1n) is 8.12. The Morgan fingerprint density at radius 1 is 1.21 bits per heavy atom. The van der Waals surface area contributed by atoms with E-state index in [2.05, 4.69) is 49.9 Å². The zero-order valence-corrected chi connectivity index (χ0v) is 13.6. The van der Waals surface area contributed by atoms with Crippen LogP contribution in [0.25, 0.3) is 0 Å². The molecule has 3 heteroatoms. The summed E-state index contributed by atoms with van der Waals surface area (Å²) in [6, 6.07) is 1.46. The van der Waals surface area contributed by atoms with Gasteiger partial charge in [0.05, 0.1) is 0 Å². The number of nitrogens with one attached hydrogen (secondary N) is 1. The summed E-state index contributed by atoms with van der Waals surface area (Å²) >= 11 is 0. The molecule has 0 aromatic rings. The molecule has 1 N–H and O–H groups in total. The van der Waals surface area contributed by atoms with Crippen LogP contribution in [0.2, 0.25) is 0 Å². The van der Waals surface area contributed by atoms with Gasteiger partial charge in [0.15, 0.2) is 0 Å². The Labute approximate surface area is 119 Å². The number of nitrogens with zero attached hydrogens (tertiary/aromatic N) is 2. The van der Waals surface area contributed by atoms with Crippen LogP contribution in [-0.2, 0) is 0 Å². The van der Waals surface area contributed by atoms with Crippen molar-refractivity contribution in [2.45, 2.75) is 64.6 Å². The van der Waals surface area contributed by atoms with Gasteiger partial charge in [-0.1, -0.05) is 13.8 Å². The van der Waals surface area contributed by atoms with Crippen molar-refractivity contribution in [1.82, 2.24) is 15.1 Å². The summed E-state index contributed by atoms with van der Waals surface area (Å²) in [5.74, 6) is 0.891. The van der Waals surface area contributed by atoms with E-state index < -0.39 is 0 Å². The third-order valence-electron chi connectivity index (χ3n) is 5.36. The van der Waals surface area contributed by atoms with E-state index in [0.717, 1.165) is 18.5 Å². The van der Waals surface area contributed by atoms with E-state index in [-0.39, 0.29) is 0 Å². The summed E-state index contributed by atoms with van der Waals surface area (Å²) in [5.41, 5.74) is 0.315. The summed E-state index contributed by atoms with van der Waals surface area (Å²) in [6.45, 7) is 14.2. The summed E-state index contributed by atoms with van der Waals surface area (Å²) in [5, 5.41) is 3.74. The van der Waals surface area contributed by atoms with Gasteiger partial charge in [-0.2, -0.15) is 0 Å². The van der Waals surface area contributed by atoms with Gasteiger partial charge in [0.25, 0.3) is 0 Å². The number of hydrogen-bond donors (Lipinski definition) is 1. The van der Waals surface area contributed by atoms with Gasteiger partial charge in [-0.15, -0.1) is 0 Å². The predicted octanol–water partition coefficient (Wildman–Crippen LogP) is 2.18. The normalized spacial score (nSPS) is 37.4. The first kappa shape index (κ1) is 15.3. The summed E-state index contributed by atoms with van der Waals surface area (Å²) in [4.78, 5) is 5.28. The SMILES string of the molecule is CCNC1CCC(C)CC1N1CCN(C)C(C)(C)C1. The highest BCUT2D eigenvalue weighted by Gasteiger charge is 2.38. The molecule has 0 radical (unpaired) electrons. The molecule has 0 bridgehead atoms. The first-order valence-corrected chi connectivity index (χ1v) is 8.12. The molecule has 1 saturated heterocycles. The average molecular weight is 267 g/mol. The molecule has 19 heavy (non-hydrogen) atoms. The molecule has 0 aromatic carbocycles. The van der Waals surface area contributed by atoms with Gasteiger partial charge in [0.2, 0.25) is 0 Å². The Morgan fingerprint density at radius 2 is 1.95 bits per heavy atom. The molecule has 2 fully saturated rings. The Hall–Kier alpha value is -0.120. The Kier molecular flexibility index (Phi) is 4.91. The number of hydrogen-bond acceptors (Lipinski definition) is 3. The van der Waals surface area contributed by atoms with Crippen LogP contribution >= 0.6 is 0 Å². The van der Waals surface area contributed by atoms with Crippen LogP contribution in [0.5, 0.6) is 0 Å². The van der Waals surface area contributed by atoms with Gasteiger partial charge in [0, 0.05) is 37.3 Å². The third kappa shape index (κ3) is 3.50. The molecule has 112 valence electrons. The van der Waals surface area contributed by atoms with Gasteiger partial charge >= 0.3 is 0 Å². The quantitative estimate of drug-likeness (QED) is 0.845. The van der Waals surface area contributed by atoms with Crippen LogP contribution in [0.15, 0.2) is 0 Å². The fraction of sp³-hybridized carbons (Fsp3) is 1.00. The summed E-state index contributed by atoms with van der Waals surface area (Å²) in [6.07, 6.45) is 4.12. The minimum Gasteiger partial charge on any atom is -0.313 e. The van der Waals surface area contributed by atoms with Crippen molar-refractivity contribution in [2.24, 2.45) is 5.92 Å². The lowest BCUT2D eigenvalue weighted by atomic mass is 9.81. The molecule has 2 aliphatic rings. The molecule has 0 aromatic heterocycles. The lowest BCUT2D eigenvalue weighted by molar-refractivity contribution is -0.00716. The van der Waals surface area contributed by atoms with E-state index in [9.17, 15) is 0 Å². The Balaban J connectivity index is 2.04. The second-order valence-electron chi connectivity index (χ2n) is 7.35. The maximum atomic E-state index is 3.74. The van der Waals surface area contributed by atoms with Crippen molar-refractivity contribution in [3.63, 3.8) is 0 Å². The average Bonchev–Trinajstić information content (AvgIpc) is 2.35. The van der Waals surface area contributed by atoms with Gasteiger partial charge in [0.1, 0.15) is 0 Å². The molecule has 1 aliphatic carbocycles. The second-order valence-corrected chi connectivity index (χ2v) is 7.35. The Bertz CT molecular complexity index is 290. The maximum absolute atomic E-state index is 3.74. The van der Waals surface area contributed by atoms with Gasteiger partial charge in [-0.25, -0.2) is 0 Å². The fourth-order valence-corrected chi connectivity index (χ4v) is 3.82. The van der Waals surface area contributed by atoms with Crippen LogP contribution in [0.1, 0.15) is 47.0 Å². The van der Waals surface area contributed by atoms with Crippen LogP contribution in [0, 0.1) is 5.92 Å². The predicted molar refractivity (Wildman–Crippen MR) is 82.5 cm³/mol. The maximum Gasteiger partial charge on any atom is 0.0277 e. The molecule has 3 unspecified atom stereocenters. The largest absolute Gasteiger partial charge is 0.313 e. The van der Waals surface area contributed by atoms with Gasteiger partial charge in [-0.3, -0.25) is 9.80 Å². The molecule has 1 aliphatic heterocycles. The lowest BCUT2D eigenvalue weighted by Gasteiger charge is -2.51. The van der Waals surface area contributed by atoms with Crippen molar-refractivity contribution in [1.29, 1.82) is 0 Å². The van der Waals surface area contributed by atoms with Crippen LogP contribution in [-0.4, -0.2) is 60.6 Å². The molecular formula is C16H33N3. The van der Waals surface area contributed by atoms with Gasteiger partial charge in [-0.05, 0) is 52.6 Å². The van der Waals surface area contributed by atoms with Crippen LogP contribution in [0.3, 0.4) is 0 Å². The highest BCUT2D eigenvalue weighted by atomic mass is 15.3. The van der Waals surface area contributed by atoms with Crippen molar-refractivity contribution in [3.05, 3.63) is 0 Å². The van der Waals surface area contributed by atoms with E-state index in [4.69, 9.17) is 0 Å². The zero-order chi connectivity index (χ0) is 14.0. The number of rotatable bonds is 3. The van der Waals surface area contributed by atoms with Crippen LogP contribution < -0.4 is 5.32 Å². The monoisotopic (exact) mass is 267 g/mol. The smallest absolute Gasteiger partial charge is 0.0277 e. The minimum atomic E-state index is 0.315. The van der Waals surface area contributed by atoms with Crippen molar-refractivity contribution in [2.75, 3.05) is 33.2 Å². The third-order valence-corrected chi connectivity index (χ3v) is 5.36. The van der Waals surface area contributed by atoms with Crippen molar-refractivity contribution >= 4 is 0 Å². The molecule has 1 saturated carbocycles. The van der Waals surface area contributed by atoms with Crippen molar-refractivity contribution in [3.8, 4) is 0 Å². The minimum absolute atomic E-state index is 0.315. The molecule has 1 heterocycles. The van der Waals surface area contributed by atoms with E-state index in [0.29, 0.717) is 11.6 Å². The Morgan fingerprint density at radius 3 is 2.58 bits per heavy atom. The molecular weight excluding hydrogens is 234 g/mol. The zero-order valence-electron chi connectivity index (χ0n) is 13.6.